The molecule has 0 aliphatic carbocycles. The predicted molar refractivity (Wildman–Crippen MR) is 281 cm³/mol. The summed E-state index contributed by atoms with van der Waals surface area (Å²) in [6, 6.07) is 33.1. The molecule has 0 N–H and O–H groups in total. The van der Waals surface area contributed by atoms with E-state index in [1.807, 2.05) is 24.3 Å². The first-order chi connectivity index (χ1) is 35.7. The number of aliphatic carboxylic acids is 1. The van der Waals surface area contributed by atoms with E-state index in [4.69, 9.17) is 19.9 Å². The molecule has 0 saturated heterocycles. The smallest absolute Gasteiger partial charge is 0.850 e. The number of benzene rings is 4. The summed E-state index contributed by atoms with van der Waals surface area (Å²) >= 11 is 4.07. The Labute approximate surface area is 470 Å². The van der Waals surface area contributed by atoms with Gasteiger partial charge in [0.2, 0.25) is 0 Å². The zero-order chi connectivity index (χ0) is 54.7. The summed E-state index contributed by atoms with van der Waals surface area (Å²) in [4.78, 5) is 34.7. The molecular formula is C51H64B2F8Fe2N10O3S+2. The van der Waals surface area contributed by atoms with Crippen molar-refractivity contribution in [2.24, 2.45) is 0 Å². The van der Waals surface area contributed by atoms with Crippen LogP contribution in [0.25, 0.3) is 44.1 Å². The molecule has 0 fully saturated rings. The molecule has 8 rings (SSSR count). The first kappa shape index (κ1) is 66.3. The molecule has 0 amide bonds. The van der Waals surface area contributed by atoms with Crippen LogP contribution >= 0.6 is 12.6 Å². The largest absolute Gasteiger partial charge is 3.00 e. The topological polar surface area (TPSA) is 141 Å². The van der Waals surface area contributed by atoms with Crippen molar-refractivity contribution in [3.05, 3.63) is 120 Å². The number of carboxylic acid groups (broad SMARTS) is 1. The molecule has 0 aliphatic rings. The number of carbonyl (C=O) groups excluding carboxylic acids is 1. The second-order valence-electron chi connectivity index (χ2n) is 17.6. The Morgan fingerprint density at radius 1 is 0.494 bits per heavy atom. The third-order valence-corrected chi connectivity index (χ3v) is 12.4. The Hall–Kier alpha value is -4.93. The van der Waals surface area contributed by atoms with E-state index in [1.165, 1.54) is 0 Å². The molecule has 0 unspecified atom stereocenters. The van der Waals surface area contributed by atoms with Gasteiger partial charge in [-0.25, -0.2) is 19.9 Å². The molecule has 77 heavy (non-hydrogen) atoms. The number of rotatable bonds is 23. The summed E-state index contributed by atoms with van der Waals surface area (Å²) in [6.07, 6.45) is 4.46. The molecule has 8 aromatic rings. The van der Waals surface area contributed by atoms with Gasteiger partial charge in [-0.3, -0.25) is 9.80 Å². The average molecular weight is 1180 g/mol. The van der Waals surface area contributed by atoms with Crippen molar-refractivity contribution < 1.29 is 83.7 Å². The van der Waals surface area contributed by atoms with Crippen LogP contribution in [0, 0.1) is 0 Å². The molecule has 4 heterocycles. The van der Waals surface area contributed by atoms with E-state index in [2.05, 4.69) is 141 Å². The van der Waals surface area contributed by atoms with Gasteiger partial charge in [0.25, 0.3) is 0 Å². The van der Waals surface area contributed by atoms with Crippen LogP contribution in [0.3, 0.4) is 0 Å². The second kappa shape index (κ2) is 32.2. The normalized spacial score (nSPS) is 11.6. The minimum Gasteiger partial charge on any atom is -0.850 e. The number of unbranched alkanes of at least 4 members (excludes halogenated alkanes) is 4. The quantitative estimate of drug-likeness (QED) is 0.0287. The van der Waals surface area contributed by atoms with Crippen LogP contribution in [0.5, 0.6) is 0 Å². The number of hydrogen-bond acceptors (Lipinski definition) is 10. The third kappa shape index (κ3) is 21.0. The van der Waals surface area contributed by atoms with E-state index < -0.39 is 26.6 Å². The Balaban J connectivity index is 0.000000576. The van der Waals surface area contributed by atoms with Crippen LogP contribution in [0.1, 0.15) is 89.5 Å². The van der Waals surface area contributed by atoms with Crippen LogP contribution in [0.15, 0.2) is 97.1 Å². The Bertz CT molecular complexity index is 2670. The summed E-state index contributed by atoms with van der Waals surface area (Å²) in [5, 5.41) is 24.6. The van der Waals surface area contributed by atoms with Gasteiger partial charge in [-0.05, 0) is 114 Å². The van der Waals surface area contributed by atoms with Gasteiger partial charge in [0.15, 0.2) is 0 Å². The minimum atomic E-state index is -6.00. The molecule has 0 saturated carbocycles. The van der Waals surface area contributed by atoms with Crippen molar-refractivity contribution >= 4 is 77.2 Å². The van der Waals surface area contributed by atoms with Gasteiger partial charge < -0.3 is 67.8 Å². The number of halogens is 8. The number of carbonyl (C=O) groups is 1. The molecule has 2 radical (unpaired) electrons. The number of para-hydroxylation sites is 8. The molecule has 0 aliphatic heterocycles. The fourth-order valence-electron chi connectivity index (χ4n) is 9.11. The van der Waals surface area contributed by atoms with Gasteiger partial charge in [-0.15, -0.1) is 6.10 Å². The number of nitrogens with zero attached hydrogens (tertiary/aromatic N) is 10. The van der Waals surface area contributed by atoms with E-state index in [-0.39, 0.29) is 40.6 Å². The van der Waals surface area contributed by atoms with Crippen molar-refractivity contribution in [1.82, 2.24) is 48.0 Å². The maximum atomic E-state index is 14.6. The van der Waals surface area contributed by atoms with Gasteiger partial charge in [-0.1, -0.05) is 67.8 Å². The number of fused-ring (bicyclic) bond motifs is 4. The summed E-state index contributed by atoms with van der Waals surface area (Å²) in [7, 11) is -12.0. The van der Waals surface area contributed by atoms with Crippen LogP contribution in [0.2, 0.25) is 0 Å². The maximum Gasteiger partial charge on any atom is 3.00 e. The van der Waals surface area contributed by atoms with Crippen molar-refractivity contribution in [2.75, 3.05) is 18.8 Å². The van der Waals surface area contributed by atoms with Crippen LogP contribution in [0.4, 0.5) is 34.5 Å². The maximum absolute atomic E-state index is 14.6. The van der Waals surface area contributed by atoms with Gasteiger partial charge in [0, 0.05) is 32.1 Å². The fourth-order valence-corrected chi connectivity index (χ4v) is 9.33. The molecule has 4 aromatic heterocycles. The molecular weight excluding hydrogens is 1120 g/mol. The number of imidazole rings is 4. The SMILES string of the molecule is CCn1c(CN(Cc2nc3ccccc3n2CC)CC([O-])CN(Cc2nc3ccccc3n2CC)Cc2nc3ccccc3n2CC)nc2ccccc21.F[B-](F)(F)F.F[B-](F)(F)F.O=C([O-])CCCCCCCS.[Fe+3].[Fe+3]. The number of thiol groups is 1. The Kier molecular flexibility index (Phi) is 27.8. The fraction of sp³-hybridized carbons (Fsp3) is 0.431. The predicted octanol–water partition coefficient (Wildman–Crippen LogP) is 10.2. The molecule has 4 aromatic carbocycles. The molecule has 418 valence electrons. The molecule has 0 spiro atoms. The van der Waals surface area contributed by atoms with E-state index in [0.29, 0.717) is 39.3 Å². The summed E-state index contributed by atoms with van der Waals surface area (Å²) in [5.41, 5.74) is 8.32. The van der Waals surface area contributed by atoms with Crippen molar-refractivity contribution in [2.45, 2.75) is 125 Å². The third-order valence-electron chi connectivity index (χ3n) is 12.1. The van der Waals surface area contributed by atoms with Crippen molar-refractivity contribution in [3.8, 4) is 0 Å². The van der Waals surface area contributed by atoms with Gasteiger partial charge in [0.1, 0.15) is 23.3 Å². The number of aromatic nitrogens is 8. The number of aryl methyl sites for hydroxylation is 4. The van der Waals surface area contributed by atoms with E-state index in [0.717, 1.165) is 131 Å². The van der Waals surface area contributed by atoms with Crippen molar-refractivity contribution in [3.63, 3.8) is 0 Å². The van der Waals surface area contributed by atoms with E-state index in [9.17, 15) is 49.5 Å². The van der Waals surface area contributed by atoms with Gasteiger partial charge in [-0.2, -0.15) is 12.6 Å². The van der Waals surface area contributed by atoms with Crippen molar-refractivity contribution in [1.29, 1.82) is 0 Å². The summed E-state index contributed by atoms with van der Waals surface area (Å²) in [5.74, 6) is 3.82. The monoisotopic (exact) mass is 1180 g/mol. The minimum absolute atomic E-state index is 0. The zero-order valence-electron chi connectivity index (χ0n) is 43.4. The van der Waals surface area contributed by atoms with Crippen LogP contribution < -0.4 is 10.2 Å². The van der Waals surface area contributed by atoms with Gasteiger partial charge >= 0.3 is 48.6 Å². The second-order valence-corrected chi connectivity index (χ2v) is 18.1. The molecule has 26 heteroatoms. The molecule has 0 atom stereocenters. The first-order valence-electron chi connectivity index (χ1n) is 25.2. The van der Waals surface area contributed by atoms with Gasteiger partial charge in [0.05, 0.1) is 70.3 Å². The molecule has 13 nitrogen and oxygen atoms in total. The number of carboxylic acids is 1. The zero-order valence-corrected chi connectivity index (χ0v) is 46.5. The number of hydrogen-bond donors (Lipinski definition) is 1. The summed E-state index contributed by atoms with van der Waals surface area (Å²) in [6.45, 7) is 14.6. The summed E-state index contributed by atoms with van der Waals surface area (Å²) < 4.78 is 87.1. The first-order valence-corrected chi connectivity index (χ1v) is 25.8. The van der Waals surface area contributed by atoms with E-state index >= 15 is 0 Å². The standard InChI is InChI=1S/C43H49N10O.C8H16O2S.2BF4.2Fe/c1-5-50-36-21-13-9-17-32(36)44-40(50)27-48(28-41-45-33-18-10-14-22-37(33)51(41)6-2)25-31(54)26-49(29-42-46-34-19-11-15-23-38(34)52(42)7-3)30-43-47-35-20-12-16-24-39(35)53(43)8-4;9-8(10)6-4-2-1-3-5-7-11;2*2-1(3,4)5;;/h9-24,31H,5-8,25-30H2,1-4H3;11H,1-7H2,(H,9,10);;;;/q-1;;2*-1;2*+3/p-1. The average Bonchev–Trinajstić information content (AvgIpc) is 4.10. The van der Waals surface area contributed by atoms with Crippen LogP contribution in [-0.2, 0) is 91.3 Å². The Morgan fingerprint density at radius 2 is 0.740 bits per heavy atom. The van der Waals surface area contributed by atoms with Crippen LogP contribution in [-0.4, -0.2) is 93.4 Å². The Morgan fingerprint density at radius 3 is 0.987 bits per heavy atom. The van der Waals surface area contributed by atoms with E-state index in [1.54, 1.807) is 0 Å². The molecule has 0 bridgehead atoms.